The third-order valence-electron chi connectivity index (χ3n) is 4.47. The summed E-state index contributed by atoms with van der Waals surface area (Å²) in [5.41, 5.74) is 2.80. The molecule has 0 atom stereocenters. The Balaban J connectivity index is 1.51. The summed E-state index contributed by atoms with van der Waals surface area (Å²) < 4.78 is 6.01. The molecule has 1 saturated heterocycles. The Hall–Kier alpha value is -2.93. The zero-order valence-corrected chi connectivity index (χ0v) is 15.0. The molecule has 3 aromatic rings. The van der Waals surface area contributed by atoms with E-state index in [0.717, 1.165) is 48.9 Å². The van der Waals surface area contributed by atoms with Gasteiger partial charge < -0.3 is 19.5 Å². The average Bonchev–Trinajstić information content (AvgIpc) is 3.13. The number of nitrogens with zero attached hydrogens (tertiary/aromatic N) is 5. The van der Waals surface area contributed by atoms with Gasteiger partial charge in [-0.25, -0.2) is 15.0 Å². The van der Waals surface area contributed by atoms with Gasteiger partial charge in [0, 0.05) is 49.3 Å². The molecular formula is C19H22N6O. The van der Waals surface area contributed by atoms with Gasteiger partial charge in [-0.2, -0.15) is 0 Å². The van der Waals surface area contributed by atoms with E-state index >= 15 is 0 Å². The lowest BCUT2D eigenvalue weighted by Crippen LogP contribution is -2.44. The monoisotopic (exact) mass is 350 g/mol. The van der Waals surface area contributed by atoms with Crippen molar-refractivity contribution >= 4 is 17.7 Å². The van der Waals surface area contributed by atoms with Crippen LogP contribution in [0.25, 0.3) is 11.3 Å². The maximum Gasteiger partial charge on any atom is 0.297 e. The maximum atomic E-state index is 6.01. The molecule has 0 aliphatic carbocycles. The fourth-order valence-electron chi connectivity index (χ4n) is 2.93. The van der Waals surface area contributed by atoms with E-state index in [1.54, 1.807) is 12.4 Å². The lowest BCUT2D eigenvalue weighted by molar-refractivity contribution is 0.305. The average molecular weight is 350 g/mol. The van der Waals surface area contributed by atoms with Gasteiger partial charge in [0.15, 0.2) is 5.76 Å². The minimum Gasteiger partial charge on any atom is -0.423 e. The van der Waals surface area contributed by atoms with E-state index in [1.165, 1.54) is 0 Å². The van der Waals surface area contributed by atoms with Crippen molar-refractivity contribution < 1.29 is 4.42 Å². The smallest absolute Gasteiger partial charge is 0.297 e. The lowest BCUT2D eigenvalue weighted by atomic mass is 10.1. The quantitative estimate of drug-likeness (QED) is 0.776. The zero-order chi connectivity index (χ0) is 17.9. The number of anilines is 3. The van der Waals surface area contributed by atoms with Gasteiger partial charge in [-0.15, -0.1) is 0 Å². The standard InChI is InChI=1S/C19H22N6O/c1-14-6-7-20-18(22-14)23-16-5-3-4-15(12-16)17-13-21-19(26-17)25-10-8-24(2)9-11-25/h3-7,12-13H,8-11H2,1-2H3,(H,20,22,23). The number of aryl methyl sites for hydroxylation is 1. The first-order valence-corrected chi connectivity index (χ1v) is 8.74. The van der Waals surface area contributed by atoms with E-state index < -0.39 is 0 Å². The minimum atomic E-state index is 0.581. The Morgan fingerprint density at radius 2 is 1.92 bits per heavy atom. The molecule has 1 aliphatic heterocycles. The number of hydrogen-bond donors (Lipinski definition) is 1. The fourth-order valence-corrected chi connectivity index (χ4v) is 2.93. The highest BCUT2D eigenvalue weighted by Gasteiger charge is 2.19. The van der Waals surface area contributed by atoms with Crippen LogP contribution < -0.4 is 10.2 Å². The predicted molar refractivity (Wildman–Crippen MR) is 102 cm³/mol. The van der Waals surface area contributed by atoms with Crippen LogP contribution in [0.15, 0.2) is 47.1 Å². The Kier molecular flexibility index (Phi) is 4.53. The Morgan fingerprint density at radius 3 is 2.73 bits per heavy atom. The van der Waals surface area contributed by atoms with Crippen LogP contribution in [0.2, 0.25) is 0 Å². The first-order valence-electron chi connectivity index (χ1n) is 8.74. The number of likely N-dealkylation sites (N-methyl/N-ethyl adjacent to an activating group) is 1. The van der Waals surface area contributed by atoms with Gasteiger partial charge in [0.2, 0.25) is 5.95 Å². The molecule has 7 heteroatoms. The van der Waals surface area contributed by atoms with Crippen LogP contribution >= 0.6 is 0 Å². The largest absolute Gasteiger partial charge is 0.423 e. The lowest BCUT2D eigenvalue weighted by Gasteiger charge is -2.31. The van der Waals surface area contributed by atoms with Gasteiger partial charge in [-0.05, 0) is 32.2 Å². The highest BCUT2D eigenvalue weighted by Crippen LogP contribution is 2.27. The number of hydrogen-bond acceptors (Lipinski definition) is 7. The molecule has 26 heavy (non-hydrogen) atoms. The maximum absolute atomic E-state index is 6.01. The molecule has 0 bridgehead atoms. The SMILES string of the molecule is Cc1ccnc(Nc2cccc(-c3cnc(N4CCN(C)CC4)o3)c2)n1. The molecule has 0 amide bonds. The van der Waals surface area contributed by atoms with Crippen LogP contribution in [-0.4, -0.2) is 53.1 Å². The molecular weight excluding hydrogens is 328 g/mol. The minimum absolute atomic E-state index is 0.581. The first kappa shape index (κ1) is 16.5. The third-order valence-corrected chi connectivity index (χ3v) is 4.47. The van der Waals surface area contributed by atoms with Crippen LogP contribution in [0.1, 0.15) is 5.69 Å². The van der Waals surface area contributed by atoms with E-state index in [-0.39, 0.29) is 0 Å². The third kappa shape index (κ3) is 3.67. The number of benzene rings is 1. The summed E-state index contributed by atoms with van der Waals surface area (Å²) >= 11 is 0. The second kappa shape index (κ2) is 7.13. The first-order chi connectivity index (χ1) is 12.7. The van der Waals surface area contributed by atoms with Gasteiger partial charge in [0.25, 0.3) is 6.01 Å². The molecule has 2 aromatic heterocycles. The Labute approximate surface area is 152 Å². The molecule has 0 unspecified atom stereocenters. The van der Waals surface area contributed by atoms with Crippen molar-refractivity contribution in [1.82, 2.24) is 19.9 Å². The highest BCUT2D eigenvalue weighted by atomic mass is 16.4. The Bertz CT molecular complexity index is 885. The molecule has 3 heterocycles. The summed E-state index contributed by atoms with van der Waals surface area (Å²) in [4.78, 5) is 17.6. The molecule has 0 saturated carbocycles. The van der Waals surface area contributed by atoms with Crippen molar-refractivity contribution in [3.05, 3.63) is 48.4 Å². The highest BCUT2D eigenvalue weighted by molar-refractivity contribution is 5.66. The molecule has 0 radical (unpaired) electrons. The number of oxazole rings is 1. The zero-order valence-electron chi connectivity index (χ0n) is 15.0. The predicted octanol–water partition coefficient (Wildman–Crippen LogP) is 2.94. The summed E-state index contributed by atoms with van der Waals surface area (Å²) in [6, 6.07) is 10.5. The summed E-state index contributed by atoms with van der Waals surface area (Å²) in [5, 5.41) is 3.23. The van der Waals surface area contributed by atoms with Crippen molar-refractivity contribution in [3.8, 4) is 11.3 Å². The molecule has 0 spiro atoms. The van der Waals surface area contributed by atoms with Crippen LogP contribution in [-0.2, 0) is 0 Å². The van der Waals surface area contributed by atoms with E-state index in [9.17, 15) is 0 Å². The normalized spacial score (nSPS) is 15.2. The van der Waals surface area contributed by atoms with Gasteiger partial charge in [-0.3, -0.25) is 0 Å². The van der Waals surface area contributed by atoms with Crippen molar-refractivity contribution in [2.24, 2.45) is 0 Å². The number of aromatic nitrogens is 3. The second-order valence-electron chi connectivity index (χ2n) is 6.52. The van der Waals surface area contributed by atoms with Crippen LogP contribution in [0.3, 0.4) is 0 Å². The van der Waals surface area contributed by atoms with Crippen LogP contribution in [0.5, 0.6) is 0 Å². The van der Waals surface area contributed by atoms with E-state index in [1.807, 2.05) is 37.3 Å². The topological polar surface area (TPSA) is 70.3 Å². The van der Waals surface area contributed by atoms with Crippen LogP contribution in [0.4, 0.5) is 17.7 Å². The molecule has 1 aliphatic rings. The summed E-state index contributed by atoms with van der Waals surface area (Å²) in [5.74, 6) is 1.34. The summed E-state index contributed by atoms with van der Waals surface area (Å²) in [7, 11) is 2.13. The van der Waals surface area contributed by atoms with E-state index in [0.29, 0.717) is 12.0 Å². The summed E-state index contributed by atoms with van der Waals surface area (Å²) in [6.07, 6.45) is 3.53. The number of piperazine rings is 1. The van der Waals surface area contributed by atoms with Gasteiger partial charge in [0.05, 0.1) is 6.20 Å². The van der Waals surface area contributed by atoms with E-state index in [2.05, 4.69) is 37.1 Å². The number of nitrogens with one attached hydrogen (secondary N) is 1. The summed E-state index contributed by atoms with van der Waals surface area (Å²) in [6.45, 7) is 5.85. The van der Waals surface area contributed by atoms with Crippen molar-refractivity contribution in [2.75, 3.05) is 43.4 Å². The van der Waals surface area contributed by atoms with Crippen molar-refractivity contribution in [2.45, 2.75) is 6.92 Å². The fraction of sp³-hybridized carbons (Fsp3) is 0.316. The van der Waals surface area contributed by atoms with Gasteiger partial charge in [-0.1, -0.05) is 12.1 Å². The van der Waals surface area contributed by atoms with E-state index in [4.69, 9.17) is 4.42 Å². The second-order valence-corrected chi connectivity index (χ2v) is 6.52. The number of rotatable bonds is 4. The molecule has 1 fully saturated rings. The van der Waals surface area contributed by atoms with Gasteiger partial charge in [0.1, 0.15) is 0 Å². The molecule has 7 nitrogen and oxygen atoms in total. The van der Waals surface area contributed by atoms with Crippen molar-refractivity contribution in [1.29, 1.82) is 0 Å². The Morgan fingerprint density at radius 1 is 1.08 bits per heavy atom. The molecule has 4 rings (SSSR count). The van der Waals surface area contributed by atoms with Crippen LogP contribution in [0, 0.1) is 6.92 Å². The molecule has 134 valence electrons. The van der Waals surface area contributed by atoms with Crippen molar-refractivity contribution in [3.63, 3.8) is 0 Å². The molecule has 1 N–H and O–H groups in total. The van der Waals surface area contributed by atoms with Gasteiger partial charge >= 0.3 is 0 Å². The molecule has 1 aromatic carbocycles.